The van der Waals surface area contributed by atoms with Gasteiger partial charge in [-0.3, -0.25) is 4.79 Å². The van der Waals surface area contributed by atoms with Crippen LogP contribution in [0.25, 0.3) is 11.3 Å². The number of rotatable bonds is 5. The smallest absolute Gasteiger partial charge is 0.339 e. The van der Waals surface area contributed by atoms with Gasteiger partial charge >= 0.3 is 5.97 Å². The van der Waals surface area contributed by atoms with Crippen molar-refractivity contribution in [3.05, 3.63) is 81.0 Å². The number of nitrogens with one attached hydrogen (secondary N) is 1. The molecule has 28 heavy (non-hydrogen) atoms. The van der Waals surface area contributed by atoms with Crippen LogP contribution in [0.5, 0.6) is 0 Å². The van der Waals surface area contributed by atoms with Crippen molar-refractivity contribution < 1.29 is 18.7 Å². The van der Waals surface area contributed by atoms with E-state index >= 15 is 0 Å². The highest BCUT2D eigenvalue weighted by Gasteiger charge is 2.13. The first-order chi connectivity index (χ1) is 13.5. The number of halogens is 2. The van der Waals surface area contributed by atoms with Gasteiger partial charge in [-0.1, -0.05) is 27.5 Å². The Morgan fingerprint density at radius 2 is 1.89 bits per heavy atom. The zero-order chi connectivity index (χ0) is 20.1. The Bertz CT molecular complexity index is 1040. The van der Waals surface area contributed by atoms with Crippen LogP contribution in [-0.2, 0) is 4.74 Å². The lowest BCUT2D eigenvalue weighted by atomic mass is 10.1. The Morgan fingerprint density at radius 3 is 2.61 bits per heavy atom. The summed E-state index contributed by atoms with van der Waals surface area (Å²) in [7, 11) is 1.29. The number of ether oxygens (including phenoxy) is 1. The molecule has 0 unspecified atom stereocenters. The molecule has 1 aromatic heterocycles. The third-order valence-corrected chi connectivity index (χ3v) is 4.61. The first kappa shape index (κ1) is 19.9. The van der Waals surface area contributed by atoms with Gasteiger partial charge in [-0.25, -0.2) is 10.2 Å². The first-order valence-corrected chi connectivity index (χ1v) is 9.22. The Labute approximate surface area is 174 Å². The lowest BCUT2D eigenvalue weighted by Gasteiger charge is -2.04. The third kappa shape index (κ3) is 4.68. The van der Waals surface area contributed by atoms with Gasteiger partial charge in [0, 0.05) is 15.6 Å². The van der Waals surface area contributed by atoms with Gasteiger partial charge in [-0.05, 0) is 54.6 Å². The molecule has 0 saturated carbocycles. The standard InChI is InChI=1S/C20H14BrClN2O4/c1-27-20(26)16-10-13(4-8-17(16)22)18-9-7-15(28-18)11-23-24-19(25)12-2-5-14(21)6-3-12/h2-11H,1H3,(H,24,25)/b23-11-. The number of amides is 1. The molecule has 0 spiro atoms. The summed E-state index contributed by atoms with van der Waals surface area (Å²) in [4.78, 5) is 23.8. The lowest BCUT2D eigenvalue weighted by Crippen LogP contribution is -2.17. The molecule has 2 aromatic carbocycles. The highest BCUT2D eigenvalue weighted by molar-refractivity contribution is 9.10. The Morgan fingerprint density at radius 1 is 1.14 bits per heavy atom. The van der Waals surface area contributed by atoms with Gasteiger partial charge in [-0.15, -0.1) is 0 Å². The first-order valence-electron chi connectivity index (χ1n) is 8.05. The molecule has 1 heterocycles. The molecule has 0 fully saturated rings. The molecule has 3 rings (SSSR count). The maximum Gasteiger partial charge on any atom is 0.339 e. The zero-order valence-electron chi connectivity index (χ0n) is 14.6. The summed E-state index contributed by atoms with van der Waals surface area (Å²) < 4.78 is 11.3. The topological polar surface area (TPSA) is 80.9 Å². The van der Waals surface area contributed by atoms with Crippen LogP contribution in [0.2, 0.25) is 5.02 Å². The molecule has 3 aromatic rings. The Hall–Kier alpha value is -2.90. The normalized spacial score (nSPS) is 10.8. The molecule has 6 nitrogen and oxygen atoms in total. The van der Waals surface area contributed by atoms with Crippen LogP contribution in [-0.4, -0.2) is 25.2 Å². The summed E-state index contributed by atoms with van der Waals surface area (Å²) in [6.45, 7) is 0. The van der Waals surface area contributed by atoms with Gasteiger partial charge in [0.05, 0.1) is 23.9 Å². The summed E-state index contributed by atoms with van der Waals surface area (Å²) in [5, 5.41) is 4.19. The van der Waals surface area contributed by atoms with Gasteiger partial charge in [0.15, 0.2) is 0 Å². The molecule has 0 aliphatic rings. The molecule has 0 saturated heterocycles. The number of carbonyl (C=O) groups excluding carboxylic acids is 2. The molecule has 1 amide bonds. The summed E-state index contributed by atoms with van der Waals surface area (Å²) in [6, 6.07) is 15.2. The molecule has 0 radical (unpaired) electrons. The minimum absolute atomic E-state index is 0.245. The van der Waals surface area contributed by atoms with E-state index in [0.717, 1.165) is 4.47 Å². The highest BCUT2D eigenvalue weighted by Crippen LogP contribution is 2.27. The third-order valence-electron chi connectivity index (χ3n) is 3.75. The summed E-state index contributed by atoms with van der Waals surface area (Å²) in [6.07, 6.45) is 1.39. The minimum Gasteiger partial charge on any atom is -0.465 e. The monoisotopic (exact) mass is 460 g/mol. The zero-order valence-corrected chi connectivity index (χ0v) is 17.0. The van der Waals surface area contributed by atoms with Crippen LogP contribution in [0, 0.1) is 0 Å². The van der Waals surface area contributed by atoms with Crippen molar-refractivity contribution in [3.63, 3.8) is 0 Å². The van der Waals surface area contributed by atoms with Crippen LogP contribution < -0.4 is 5.43 Å². The van der Waals surface area contributed by atoms with E-state index in [0.29, 0.717) is 27.7 Å². The number of hydrazone groups is 1. The van der Waals surface area contributed by atoms with Crippen LogP contribution in [0.1, 0.15) is 26.5 Å². The molecule has 1 N–H and O–H groups in total. The maximum atomic E-state index is 12.0. The number of hydrogen-bond acceptors (Lipinski definition) is 5. The van der Waals surface area contributed by atoms with E-state index in [4.69, 9.17) is 20.8 Å². The summed E-state index contributed by atoms with van der Waals surface area (Å²) in [5.41, 5.74) is 3.82. The van der Waals surface area contributed by atoms with E-state index in [1.807, 2.05) is 0 Å². The minimum atomic E-state index is -0.532. The van der Waals surface area contributed by atoms with Crippen molar-refractivity contribution >= 4 is 45.6 Å². The number of carbonyl (C=O) groups is 2. The summed E-state index contributed by atoms with van der Waals surface area (Å²) in [5.74, 6) is 0.0787. The molecule has 0 aliphatic carbocycles. The van der Waals surface area contributed by atoms with Gasteiger partial charge in [0.25, 0.3) is 5.91 Å². The number of nitrogens with zero attached hydrogens (tertiary/aromatic N) is 1. The molecule has 142 valence electrons. The van der Waals surface area contributed by atoms with Crippen molar-refractivity contribution in [3.8, 4) is 11.3 Å². The fourth-order valence-corrected chi connectivity index (χ4v) is 2.80. The second-order valence-corrected chi connectivity index (χ2v) is 6.92. The van der Waals surface area contributed by atoms with E-state index in [2.05, 4.69) is 26.5 Å². The van der Waals surface area contributed by atoms with Crippen LogP contribution in [0.4, 0.5) is 0 Å². The number of methoxy groups -OCH3 is 1. The van der Waals surface area contributed by atoms with Crippen LogP contribution in [0.15, 0.2) is 68.6 Å². The fraction of sp³-hybridized carbons (Fsp3) is 0.0500. The van der Waals surface area contributed by atoms with Gasteiger partial charge < -0.3 is 9.15 Å². The van der Waals surface area contributed by atoms with Gasteiger partial charge in [0.2, 0.25) is 0 Å². The van der Waals surface area contributed by atoms with E-state index in [1.165, 1.54) is 13.3 Å². The van der Waals surface area contributed by atoms with E-state index < -0.39 is 5.97 Å². The van der Waals surface area contributed by atoms with Gasteiger partial charge in [-0.2, -0.15) is 5.10 Å². The average molecular weight is 462 g/mol. The summed E-state index contributed by atoms with van der Waals surface area (Å²) >= 11 is 9.34. The van der Waals surface area contributed by atoms with E-state index in [9.17, 15) is 9.59 Å². The Balaban J connectivity index is 1.70. The van der Waals surface area contributed by atoms with Crippen LogP contribution in [0.3, 0.4) is 0 Å². The molecular weight excluding hydrogens is 448 g/mol. The second-order valence-electron chi connectivity index (χ2n) is 5.59. The molecule has 0 bridgehead atoms. The van der Waals surface area contributed by atoms with Crippen molar-refractivity contribution in [1.82, 2.24) is 5.43 Å². The van der Waals surface area contributed by atoms with E-state index in [1.54, 1.807) is 54.6 Å². The van der Waals surface area contributed by atoms with Crippen molar-refractivity contribution in [2.24, 2.45) is 5.10 Å². The predicted octanol–water partition coefficient (Wildman–Crippen LogP) is 4.91. The van der Waals surface area contributed by atoms with Crippen molar-refractivity contribution in [2.75, 3.05) is 7.11 Å². The number of hydrogen-bond donors (Lipinski definition) is 1. The molecule has 0 atom stereocenters. The quantitative estimate of drug-likeness (QED) is 0.332. The lowest BCUT2D eigenvalue weighted by molar-refractivity contribution is 0.0601. The highest BCUT2D eigenvalue weighted by atomic mass is 79.9. The van der Waals surface area contributed by atoms with Crippen LogP contribution >= 0.6 is 27.5 Å². The number of esters is 1. The average Bonchev–Trinajstić information content (AvgIpc) is 3.17. The Kier molecular flexibility index (Phi) is 6.28. The van der Waals surface area contributed by atoms with Crippen molar-refractivity contribution in [2.45, 2.75) is 0 Å². The maximum absolute atomic E-state index is 12.0. The fourth-order valence-electron chi connectivity index (χ4n) is 2.34. The predicted molar refractivity (Wildman–Crippen MR) is 110 cm³/mol. The van der Waals surface area contributed by atoms with E-state index in [-0.39, 0.29) is 11.5 Å². The largest absolute Gasteiger partial charge is 0.465 e. The SMILES string of the molecule is COC(=O)c1cc(-c2ccc(/C=N\NC(=O)c3ccc(Br)cc3)o2)ccc1Cl. The molecule has 0 aliphatic heterocycles. The second kappa shape index (κ2) is 8.86. The van der Waals surface area contributed by atoms with Crippen molar-refractivity contribution in [1.29, 1.82) is 0 Å². The molecule has 8 heteroatoms. The van der Waals surface area contributed by atoms with Gasteiger partial charge in [0.1, 0.15) is 11.5 Å². The number of benzene rings is 2. The number of furan rings is 1. The molecular formula is C20H14BrClN2O4.